The molecule has 1 aliphatic rings. The van der Waals surface area contributed by atoms with E-state index in [1.807, 2.05) is 36.4 Å². The Kier molecular flexibility index (Phi) is 6.36. The highest BCUT2D eigenvalue weighted by molar-refractivity contribution is 6.22. The summed E-state index contributed by atoms with van der Waals surface area (Å²) in [5.41, 5.74) is 2.21. The smallest absolute Gasteiger partial charge is 0.339 e. The number of amides is 1. The van der Waals surface area contributed by atoms with E-state index in [1.54, 1.807) is 49.6 Å². The van der Waals surface area contributed by atoms with Crippen LogP contribution in [0.1, 0.15) is 11.1 Å². The van der Waals surface area contributed by atoms with E-state index < -0.39 is 18.5 Å². The van der Waals surface area contributed by atoms with Gasteiger partial charge in [-0.05, 0) is 29.8 Å². The first-order chi connectivity index (χ1) is 15.6. The number of esters is 1. The average molecular weight is 431 g/mol. The number of benzene rings is 3. The van der Waals surface area contributed by atoms with Gasteiger partial charge in [0.2, 0.25) is 6.79 Å². The first-order valence-corrected chi connectivity index (χ1v) is 9.91. The highest BCUT2D eigenvalue weighted by Crippen LogP contribution is 2.34. The summed E-state index contributed by atoms with van der Waals surface area (Å²) < 4.78 is 21.2. The minimum absolute atomic E-state index is 0.144. The van der Waals surface area contributed by atoms with E-state index in [9.17, 15) is 9.59 Å². The molecular weight excluding hydrogens is 410 g/mol. The quantitative estimate of drug-likeness (QED) is 0.344. The topological polar surface area (TPSA) is 83.1 Å². The minimum Gasteiger partial charge on any atom is -0.496 e. The van der Waals surface area contributed by atoms with Crippen LogP contribution < -0.4 is 19.5 Å². The second kappa shape index (κ2) is 9.70. The van der Waals surface area contributed by atoms with E-state index in [0.29, 0.717) is 34.1 Å². The summed E-state index contributed by atoms with van der Waals surface area (Å²) in [5, 5.41) is 2.68. The van der Waals surface area contributed by atoms with Gasteiger partial charge in [-0.1, -0.05) is 48.5 Å². The van der Waals surface area contributed by atoms with Crippen LogP contribution in [0.3, 0.4) is 0 Å². The van der Waals surface area contributed by atoms with Gasteiger partial charge >= 0.3 is 5.97 Å². The van der Waals surface area contributed by atoms with Crippen molar-refractivity contribution in [3.8, 4) is 17.2 Å². The van der Waals surface area contributed by atoms with Crippen LogP contribution in [0.4, 0.5) is 5.69 Å². The lowest BCUT2D eigenvalue weighted by molar-refractivity contribution is -0.141. The zero-order valence-electron chi connectivity index (χ0n) is 17.4. The van der Waals surface area contributed by atoms with Gasteiger partial charge in [0.05, 0.1) is 12.7 Å². The average Bonchev–Trinajstić information content (AvgIpc) is 3.30. The first kappa shape index (κ1) is 21.0. The Morgan fingerprint density at radius 1 is 0.969 bits per heavy atom. The molecule has 0 spiro atoms. The molecule has 1 aliphatic heterocycles. The number of anilines is 1. The maximum absolute atomic E-state index is 12.9. The Morgan fingerprint density at radius 2 is 1.72 bits per heavy atom. The molecule has 0 radical (unpaired) electrons. The molecule has 1 heterocycles. The molecule has 0 saturated carbocycles. The number of carbonyl (C=O) groups is 2. The molecule has 7 nitrogen and oxygen atoms in total. The molecule has 0 aliphatic carbocycles. The number of para-hydroxylation sites is 1. The summed E-state index contributed by atoms with van der Waals surface area (Å²) in [7, 11) is 1.56. The van der Waals surface area contributed by atoms with E-state index in [4.69, 9.17) is 18.9 Å². The molecule has 0 saturated heterocycles. The number of hydrogen-bond donors (Lipinski definition) is 1. The molecule has 0 atom stereocenters. The van der Waals surface area contributed by atoms with Crippen molar-refractivity contribution in [3.63, 3.8) is 0 Å². The molecule has 1 amide bonds. The van der Waals surface area contributed by atoms with Crippen LogP contribution in [0, 0.1) is 0 Å². The molecule has 7 heteroatoms. The maximum atomic E-state index is 12.9. The number of ether oxygens (including phenoxy) is 4. The number of rotatable bonds is 7. The van der Waals surface area contributed by atoms with Crippen molar-refractivity contribution < 1.29 is 28.5 Å². The van der Waals surface area contributed by atoms with Crippen molar-refractivity contribution in [1.29, 1.82) is 0 Å². The molecule has 0 fully saturated rings. The van der Waals surface area contributed by atoms with Crippen molar-refractivity contribution >= 4 is 29.2 Å². The van der Waals surface area contributed by atoms with Crippen molar-refractivity contribution in [3.05, 3.63) is 83.9 Å². The third kappa shape index (κ3) is 4.89. The molecule has 0 bridgehead atoms. The minimum atomic E-state index is -0.622. The number of carbonyl (C=O) groups excluding carboxylic acids is 2. The third-order valence-corrected chi connectivity index (χ3v) is 4.73. The van der Waals surface area contributed by atoms with Crippen molar-refractivity contribution in [2.45, 2.75) is 0 Å². The van der Waals surface area contributed by atoms with Gasteiger partial charge < -0.3 is 24.3 Å². The highest BCUT2D eigenvalue weighted by Gasteiger charge is 2.18. The zero-order valence-corrected chi connectivity index (χ0v) is 17.4. The van der Waals surface area contributed by atoms with Gasteiger partial charge in [0.1, 0.15) is 5.75 Å². The van der Waals surface area contributed by atoms with E-state index in [1.165, 1.54) is 0 Å². The van der Waals surface area contributed by atoms with Crippen molar-refractivity contribution in [1.82, 2.24) is 0 Å². The van der Waals surface area contributed by atoms with Gasteiger partial charge in [0.15, 0.2) is 18.1 Å². The van der Waals surface area contributed by atoms with Crippen LogP contribution in [0.2, 0.25) is 0 Å². The van der Waals surface area contributed by atoms with Gasteiger partial charge in [0, 0.05) is 17.3 Å². The third-order valence-electron chi connectivity index (χ3n) is 4.73. The zero-order chi connectivity index (χ0) is 22.3. The van der Waals surface area contributed by atoms with Crippen LogP contribution in [-0.2, 0) is 14.3 Å². The van der Waals surface area contributed by atoms with Crippen molar-refractivity contribution in [2.75, 3.05) is 25.8 Å². The summed E-state index contributed by atoms with van der Waals surface area (Å²) in [6, 6.07) is 21.5. The molecule has 0 unspecified atom stereocenters. The van der Waals surface area contributed by atoms with Crippen LogP contribution in [-0.4, -0.2) is 32.4 Å². The SMILES string of the molecule is COc1ccccc1/C=C(/C(=O)OCC(=O)Nc1ccc2c(c1)OCO2)c1ccccc1. The fourth-order valence-corrected chi connectivity index (χ4v) is 3.20. The van der Waals surface area contributed by atoms with Crippen LogP contribution in [0.25, 0.3) is 11.6 Å². The van der Waals surface area contributed by atoms with Gasteiger partial charge in [-0.2, -0.15) is 0 Å². The summed E-state index contributed by atoms with van der Waals surface area (Å²) in [4.78, 5) is 25.2. The number of methoxy groups -OCH3 is 1. The van der Waals surface area contributed by atoms with E-state index in [-0.39, 0.29) is 6.79 Å². The molecule has 1 N–H and O–H groups in total. The predicted molar refractivity (Wildman–Crippen MR) is 119 cm³/mol. The maximum Gasteiger partial charge on any atom is 0.339 e. The Bertz CT molecular complexity index is 1160. The molecule has 32 heavy (non-hydrogen) atoms. The van der Waals surface area contributed by atoms with Gasteiger partial charge in [-0.15, -0.1) is 0 Å². The molecule has 3 aromatic rings. The van der Waals surface area contributed by atoms with Crippen LogP contribution in [0.5, 0.6) is 17.2 Å². The second-order valence-corrected chi connectivity index (χ2v) is 6.86. The van der Waals surface area contributed by atoms with E-state index in [0.717, 1.165) is 5.56 Å². The lowest BCUT2D eigenvalue weighted by atomic mass is 10.0. The lowest BCUT2D eigenvalue weighted by Crippen LogP contribution is -2.21. The number of nitrogens with one attached hydrogen (secondary N) is 1. The largest absolute Gasteiger partial charge is 0.496 e. The lowest BCUT2D eigenvalue weighted by Gasteiger charge is -2.11. The number of fused-ring (bicyclic) bond motifs is 1. The monoisotopic (exact) mass is 431 g/mol. The molecule has 162 valence electrons. The molecular formula is C25H21NO6. The predicted octanol–water partition coefficient (Wildman–Crippen LogP) is 4.15. The highest BCUT2D eigenvalue weighted by atomic mass is 16.7. The van der Waals surface area contributed by atoms with Gasteiger partial charge in [-0.3, -0.25) is 4.79 Å². The molecule has 3 aromatic carbocycles. The fraction of sp³-hybridized carbons (Fsp3) is 0.120. The van der Waals surface area contributed by atoms with Crippen LogP contribution in [0.15, 0.2) is 72.8 Å². The Hall–Kier alpha value is -4.26. The van der Waals surface area contributed by atoms with Crippen molar-refractivity contribution in [2.24, 2.45) is 0 Å². The summed E-state index contributed by atoms with van der Waals surface area (Å²) >= 11 is 0. The normalized spacial score (nSPS) is 12.2. The summed E-state index contributed by atoms with van der Waals surface area (Å²) in [6.07, 6.45) is 1.69. The van der Waals surface area contributed by atoms with E-state index in [2.05, 4.69) is 5.32 Å². The Labute approximate surface area is 185 Å². The Morgan fingerprint density at radius 3 is 2.53 bits per heavy atom. The fourth-order valence-electron chi connectivity index (χ4n) is 3.20. The van der Waals surface area contributed by atoms with Gasteiger partial charge in [-0.25, -0.2) is 4.79 Å². The molecule has 0 aromatic heterocycles. The van der Waals surface area contributed by atoms with Crippen LogP contribution >= 0.6 is 0 Å². The Balaban J connectivity index is 1.48. The summed E-state index contributed by atoms with van der Waals surface area (Å²) in [6.45, 7) is -0.297. The molecule has 4 rings (SSSR count). The number of hydrogen-bond acceptors (Lipinski definition) is 6. The second-order valence-electron chi connectivity index (χ2n) is 6.86. The standard InChI is InChI=1S/C25H21NO6/c1-29-21-10-6-5-9-18(21)13-20(17-7-3-2-4-8-17)25(28)30-15-24(27)26-19-11-12-22-23(14-19)32-16-31-22/h2-14H,15-16H2,1H3,(H,26,27)/b20-13+. The summed E-state index contributed by atoms with van der Waals surface area (Å²) in [5.74, 6) is 0.688. The van der Waals surface area contributed by atoms with Gasteiger partial charge in [0.25, 0.3) is 5.91 Å². The van der Waals surface area contributed by atoms with E-state index >= 15 is 0 Å². The first-order valence-electron chi connectivity index (χ1n) is 9.91.